The summed E-state index contributed by atoms with van der Waals surface area (Å²) in [4.78, 5) is 35.3. The second kappa shape index (κ2) is 6.67. The van der Waals surface area contributed by atoms with Crippen LogP contribution >= 0.6 is 0 Å². The molecule has 8 nitrogen and oxygen atoms in total. The van der Waals surface area contributed by atoms with Gasteiger partial charge < -0.3 is 9.73 Å². The summed E-state index contributed by atoms with van der Waals surface area (Å²) >= 11 is 0. The van der Waals surface area contributed by atoms with Crippen molar-refractivity contribution < 1.29 is 18.9 Å². The zero-order valence-electron chi connectivity index (χ0n) is 13.9. The molecule has 1 fully saturated rings. The van der Waals surface area contributed by atoms with E-state index in [1.54, 1.807) is 25.1 Å². The molecule has 0 atom stereocenters. The number of nitrogens with zero attached hydrogens (tertiary/aromatic N) is 2. The molecule has 1 aliphatic rings. The van der Waals surface area contributed by atoms with Gasteiger partial charge in [0.15, 0.2) is 0 Å². The number of benzene rings is 1. The van der Waals surface area contributed by atoms with Gasteiger partial charge in [-0.3, -0.25) is 19.8 Å². The molecule has 0 saturated carbocycles. The first-order chi connectivity index (χ1) is 12.4. The standard InChI is InChI=1S/C18H15N3O5/c1-3-8-20-17(22)15(19-18(20)23)10-13-5-7-16(26-13)14-6-4-12(21(24)25)9-11(14)2/h3-7,9-10H,1,8H2,2H3,(H,19,23)/b15-10-. The molecule has 1 aliphatic heterocycles. The highest BCUT2D eigenvalue weighted by Crippen LogP contribution is 2.29. The normalized spacial score (nSPS) is 15.4. The highest BCUT2D eigenvalue weighted by Gasteiger charge is 2.32. The number of aryl methyl sites for hydroxylation is 1. The van der Waals surface area contributed by atoms with Crippen LogP contribution in [-0.4, -0.2) is 28.3 Å². The van der Waals surface area contributed by atoms with Gasteiger partial charge in [-0.05, 0) is 30.7 Å². The second-order valence-electron chi connectivity index (χ2n) is 5.65. The Morgan fingerprint density at radius 2 is 2.08 bits per heavy atom. The Morgan fingerprint density at radius 3 is 2.73 bits per heavy atom. The number of carbonyl (C=O) groups excluding carboxylic acids is 2. The average molecular weight is 353 g/mol. The van der Waals surface area contributed by atoms with Crippen molar-refractivity contribution in [3.63, 3.8) is 0 Å². The number of nitro benzene ring substituents is 1. The van der Waals surface area contributed by atoms with Gasteiger partial charge in [0.2, 0.25) is 0 Å². The number of carbonyl (C=O) groups is 2. The van der Waals surface area contributed by atoms with Crippen molar-refractivity contribution in [1.82, 2.24) is 10.2 Å². The average Bonchev–Trinajstić information content (AvgIpc) is 3.15. The third kappa shape index (κ3) is 3.12. The Kier molecular flexibility index (Phi) is 4.40. The lowest BCUT2D eigenvalue weighted by Gasteiger charge is -2.06. The maximum Gasteiger partial charge on any atom is 0.329 e. The highest BCUT2D eigenvalue weighted by atomic mass is 16.6. The van der Waals surface area contributed by atoms with E-state index in [9.17, 15) is 19.7 Å². The van der Waals surface area contributed by atoms with Gasteiger partial charge in [0.1, 0.15) is 17.2 Å². The third-order valence-corrected chi connectivity index (χ3v) is 3.87. The van der Waals surface area contributed by atoms with Gasteiger partial charge in [0.05, 0.1) is 4.92 Å². The number of hydrogen-bond donors (Lipinski definition) is 1. The summed E-state index contributed by atoms with van der Waals surface area (Å²) in [7, 11) is 0. The Bertz CT molecular complexity index is 957. The molecule has 0 unspecified atom stereocenters. The highest BCUT2D eigenvalue weighted by molar-refractivity contribution is 6.13. The summed E-state index contributed by atoms with van der Waals surface area (Å²) in [6.07, 6.45) is 2.90. The first-order valence-electron chi connectivity index (χ1n) is 7.71. The molecule has 1 aromatic carbocycles. The predicted octanol–water partition coefficient (Wildman–Crippen LogP) is 3.24. The zero-order chi connectivity index (χ0) is 18.8. The fourth-order valence-electron chi connectivity index (χ4n) is 2.62. The van der Waals surface area contributed by atoms with E-state index < -0.39 is 16.9 Å². The van der Waals surface area contributed by atoms with Crippen LogP contribution in [0.5, 0.6) is 0 Å². The topological polar surface area (TPSA) is 106 Å². The van der Waals surface area contributed by atoms with Crippen molar-refractivity contribution in [2.75, 3.05) is 6.54 Å². The number of urea groups is 1. The molecule has 132 valence electrons. The molecule has 2 aromatic rings. The summed E-state index contributed by atoms with van der Waals surface area (Å²) in [5, 5.41) is 13.3. The molecule has 1 saturated heterocycles. The quantitative estimate of drug-likeness (QED) is 0.292. The van der Waals surface area contributed by atoms with Crippen LogP contribution in [0.15, 0.2) is 53.1 Å². The van der Waals surface area contributed by atoms with Crippen LogP contribution in [0.2, 0.25) is 0 Å². The molecular weight excluding hydrogens is 338 g/mol. The number of nitrogens with one attached hydrogen (secondary N) is 1. The van der Waals surface area contributed by atoms with Crippen LogP contribution in [0.4, 0.5) is 10.5 Å². The number of furan rings is 1. The van der Waals surface area contributed by atoms with Crippen LogP contribution in [0, 0.1) is 17.0 Å². The van der Waals surface area contributed by atoms with Crippen molar-refractivity contribution >= 4 is 23.7 Å². The Hall–Kier alpha value is -3.68. The third-order valence-electron chi connectivity index (χ3n) is 3.87. The van der Waals surface area contributed by atoms with Crippen LogP contribution in [0.1, 0.15) is 11.3 Å². The van der Waals surface area contributed by atoms with Crippen LogP contribution in [0.25, 0.3) is 17.4 Å². The monoisotopic (exact) mass is 353 g/mol. The fraction of sp³-hybridized carbons (Fsp3) is 0.111. The van der Waals surface area contributed by atoms with Crippen molar-refractivity contribution in [2.24, 2.45) is 0 Å². The van der Waals surface area contributed by atoms with E-state index in [1.807, 2.05) is 0 Å². The van der Waals surface area contributed by atoms with E-state index in [1.165, 1.54) is 24.3 Å². The van der Waals surface area contributed by atoms with Gasteiger partial charge in [-0.1, -0.05) is 6.08 Å². The van der Waals surface area contributed by atoms with Gasteiger partial charge in [-0.25, -0.2) is 4.79 Å². The van der Waals surface area contributed by atoms with Crippen LogP contribution in [0.3, 0.4) is 0 Å². The van der Waals surface area contributed by atoms with Gasteiger partial charge >= 0.3 is 6.03 Å². The van der Waals surface area contributed by atoms with Gasteiger partial charge in [-0.15, -0.1) is 6.58 Å². The SMILES string of the molecule is C=CCN1C(=O)N/C(=C\c2ccc(-c3ccc([N+](=O)[O-])cc3C)o2)C1=O. The Morgan fingerprint density at radius 1 is 1.31 bits per heavy atom. The summed E-state index contributed by atoms with van der Waals surface area (Å²) in [6.45, 7) is 5.38. The van der Waals surface area contributed by atoms with Crippen molar-refractivity contribution in [2.45, 2.75) is 6.92 Å². The molecular formula is C18H15N3O5. The molecule has 1 aromatic heterocycles. The largest absolute Gasteiger partial charge is 0.457 e. The smallest absolute Gasteiger partial charge is 0.329 e. The number of rotatable bonds is 5. The van der Waals surface area contributed by atoms with Gasteiger partial charge in [0, 0.05) is 30.3 Å². The molecule has 0 spiro atoms. The molecule has 3 amide bonds. The molecule has 0 bridgehead atoms. The lowest BCUT2D eigenvalue weighted by atomic mass is 10.1. The maximum atomic E-state index is 12.2. The predicted molar refractivity (Wildman–Crippen MR) is 94.0 cm³/mol. The van der Waals surface area contributed by atoms with E-state index in [4.69, 9.17) is 4.42 Å². The maximum absolute atomic E-state index is 12.2. The lowest BCUT2D eigenvalue weighted by Crippen LogP contribution is -2.30. The van der Waals surface area contributed by atoms with Crippen LogP contribution < -0.4 is 5.32 Å². The first kappa shape index (κ1) is 17.2. The molecule has 2 heterocycles. The number of imide groups is 1. The minimum absolute atomic E-state index is 0.00159. The van der Waals surface area contributed by atoms with E-state index in [0.717, 1.165) is 4.90 Å². The van der Waals surface area contributed by atoms with E-state index in [0.29, 0.717) is 22.6 Å². The molecule has 26 heavy (non-hydrogen) atoms. The van der Waals surface area contributed by atoms with Gasteiger partial charge in [0.25, 0.3) is 11.6 Å². The molecule has 3 rings (SSSR count). The van der Waals surface area contributed by atoms with Crippen molar-refractivity contribution in [3.05, 3.63) is 70.1 Å². The number of amides is 3. The minimum Gasteiger partial charge on any atom is -0.457 e. The van der Waals surface area contributed by atoms with E-state index in [-0.39, 0.29) is 17.9 Å². The second-order valence-corrected chi connectivity index (χ2v) is 5.65. The minimum atomic E-state index is -0.515. The molecule has 0 radical (unpaired) electrons. The number of hydrogen-bond acceptors (Lipinski definition) is 5. The zero-order valence-corrected chi connectivity index (χ0v) is 13.9. The lowest BCUT2D eigenvalue weighted by molar-refractivity contribution is -0.384. The summed E-state index contributed by atoms with van der Waals surface area (Å²) in [6, 6.07) is 7.31. The van der Waals surface area contributed by atoms with Crippen LogP contribution in [-0.2, 0) is 4.79 Å². The fourth-order valence-corrected chi connectivity index (χ4v) is 2.62. The summed E-state index contributed by atoms with van der Waals surface area (Å²) in [5.74, 6) is 0.421. The van der Waals surface area contributed by atoms with Crippen molar-refractivity contribution in [1.29, 1.82) is 0 Å². The van der Waals surface area contributed by atoms with E-state index in [2.05, 4.69) is 11.9 Å². The van der Waals surface area contributed by atoms with Crippen molar-refractivity contribution in [3.8, 4) is 11.3 Å². The van der Waals surface area contributed by atoms with E-state index >= 15 is 0 Å². The number of nitro groups is 1. The molecule has 0 aliphatic carbocycles. The Labute approximate surface area is 148 Å². The van der Waals surface area contributed by atoms with Gasteiger partial charge in [-0.2, -0.15) is 0 Å². The molecule has 8 heteroatoms. The first-order valence-corrected chi connectivity index (χ1v) is 7.71. The summed E-state index contributed by atoms with van der Waals surface area (Å²) in [5.41, 5.74) is 1.50. The Balaban J connectivity index is 1.87. The molecule has 1 N–H and O–H groups in total. The number of non-ortho nitro benzene ring substituents is 1. The summed E-state index contributed by atoms with van der Waals surface area (Å²) < 4.78 is 5.70.